The number of benzene rings is 2. The largest absolute Gasteiger partial charge is 0.334 e. The van der Waals surface area contributed by atoms with E-state index in [4.69, 9.17) is 5.10 Å². The van der Waals surface area contributed by atoms with Crippen LogP contribution in [0.1, 0.15) is 58.4 Å². The van der Waals surface area contributed by atoms with Crippen molar-refractivity contribution in [2.45, 2.75) is 44.0 Å². The number of carbonyl (C=O) groups excluding carboxylic acids is 1. The van der Waals surface area contributed by atoms with Crippen molar-refractivity contribution >= 4 is 13.8 Å². The van der Waals surface area contributed by atoms with Gasteiger partial charge >= 0.3 is 0 Å². The lowest BCUT2D eigenvalue weighted by Gasteiger charge is -2.31. The van der Waals surface area contributed by atoms with Crippen molar-refractivity contribution < 1.29 is 4.79 Å². The molecule has 2 aromatic carbocycles. The Labute approximate surface area is 183 Å². The smallest absolute Gasteiger partial charge is 0.254 e. The predicted octanol–water partition coefficient (Wildman–Crippen LogP) is 3.34. The highest BCUT2D eigenvalue weighted by atomic mass is 16.2. The molecule has 6 heteroatoms. The molecular formula is C25H25BN4O. The number of hydrogen-bond acceptors (Lipinski definition) is 3. The Morgan fingerprint density at radius 2 is 1.90 bits per heavy atom. The molecule has 1 aliphatic heterocycles. The van der Waals surface area contributed by atoms with Crippen LogP contribution in [0.3, 0.4) is 0 Å². The first-order chi connectivity index (χ1) is 15.1. The second kappa shape index (κ2) is 7.74. The third-order valence-electron chi connectivity index (χ3n) is 6.90. The molecule has 2 heterocycles. The average Bonchev–Trinajstić information content (AvgIpc) is 3.45. The minimum Gasteiger partial charge on any atom is -0.334 e. The molecule has 0 unspecified atom stereocenters. The molecule has 0 bridgehead atoms. The summed E-state index contributed by atoms with van der Waals surface area (Å²) in [5.74, 6) is 0.0262. The van der Waals surface area contributed by atoms with Crippen molar-refractivity contribution in [2.75, 3.05) is 6.54 Å². The van der Waals surface area contributed by atoms with Gasteiger partial charge in [-0.1, -0.05) is 49.9 Å². The normalized spacial score (nSPS) is 17.2. The number of rotatable bonds is 3. The molecule has 0 spiro atoms. The second-order valence-electron chi connectivity index (χ2n) is 9.00. The van der Waals surface area contributed by atoms with Crippen molar-refractivity contribution in [1.82, 2.24) is 14.7 Å². The monoisotopic (exact) mass is 408 g/mol. The van der Waals surface area contributed by atoms with Gasteiger partial charge in [-0.2, -0.15) is 10.4 Å². The van der Waals surface area contributed by atoms with Gasteiger partial charge in [0.25, 0.3) is 5.91 Å². The maximum atomic E-state index is 13.7. The first kappa shape index (κ1) is 19.6. The number of nitriles is 1. The van der Waals surface area contributed by atoms with Gasteiger partial charge in [0, 0.05) is 36.8 Å². The number of carbonyl (C=O) groups is 1. The summed E-state index contributed by atoms with van der Waals surface area (Å²) < 4.78 is 1.90. The molecule has 5 rings (SSSR count). The van der Waals surface area contributed by atoms with Crippen LogP contribution in [-0.2, 0) is 18.3 Å². The molecule has 1 saturated carbocycles. The lowest BCUT2D eigenvalue weighted by molar-refractivity contribution is 0.0732. The molecule has 0 saturated heterocycles. The summed E-state index contributed by atoms with van der Waals surface area (Å²) in [6.45, 7) is 1.19. The van der Waals surface area contributed by atoms with Crippen molar-refractivity contribution in [3.63, 3.8) is 0 Å². The van der Waals surface area contributed by atoms with Gasteiger partial charge in [0.05, 0.1) is 23.0 Å². The third kappa shape index (κ3) is 3.55. The standard InChI is InChI=1S/C25H25BN4O/c26-25(11-4-5-12-25)22-9-8-18(15-27)14-21(22)24(31)29-13-10-23-19(16-29)17-30(28-23)20-6-2-1-3-7-20/h1-3,6-9,14,17H,4-5,10-13,16,26H2. The zero-order valence-corrected chi connectivity index (χ0v) is 17.8. The minimum absolute atomic E-state index is 0.0120. The Hall–Kier alpha value is -3.33. The van der Waals surface area contributed by atoms with E-state index in [1.54, 1.807) is 6.07 Å². The summed E-state index contributed by atoms with van der Waals surface area (Å²) in [6, 6.07) is 17.9. The fourth-order valence-corrected chi connectivity index (χ4v) is 5.11. The molecule has 1 aliphatic carbocycles. The highest BCUT2D eigenvalue weighted by Gasteiger charge is 2.35. The van der Waals surface area contributed by atoms with Gasteiger partial charge in [-0.05, 0) is 35.1 Å². The third-order valence-corrected chi connectivity index (χ3v) is 6.90. The van der Waals surface area contributed by atoms with Crippen LogP contribution >= 0.6 is 0 Å². The topological polar surface area (TPSA) is 61.9 Å². The quantitative estimate of drug-likeness (QED) is 0.625. The van der Waals surface area contributed by atoms with Gasteiger partial charge in [-0.25, -0.2) is 4.68 Å². The average molecular weight is 408 g/mol. The van der Waals surface area contributed by atoms with Crippen LogP contribution in [0.4, 0.5) is 0 Å². The predicted molar refractivity (Wildman–Crippen MR) is 122 cm³/mol. The van der Waals surface area contributed by atoms with Gasteiger partial charge in [0.2, 0.25) is 0 Å². The van der Waals surface area contributed by atoms with Crippen molar-refractivity contribution in [3.8, 4) is 11.8 Å². The molecule has 3 aromatic rings. The highest BCUT2D eigenvalue weighted by Crippen LogP contribution is 2.40. The fraction of sp³-hybridized carbons (Fsp3) is 0.320. The first-order valence-electron chi connectivity index (χ1n) is 11.0. The Bertz CT molecular complexity index is 1170. The minimum atomic E-state index is 0.0120. The van der Waals surface area contributed by atoms with Gasteiger partial charge in [-0.3, -0.25) is 4.79 Å². The zero-order valence-electron chi connectivity index (χ0n) is 17.8. The van der Waals surface area contributed by atoms with Crippen LogP contribution in [0.5, 0.6) is 0 Å². The van der Waals surface area contributed by atoms with Crippen LogP contribution in [-0.4, -0.2) is 35.0 Å². The zero-order chi connectivity index (χ0) is 21.4. The fourth-order valence-electron chi connectivity index (χ4n) is 5.11. The molecule has 0 radical (unpaired) electrons. The molecule has 31 heavy (non-hydrogen) atoms. The number of amides is 1. The van der Waals surface area contributed by atoms with E-state index in [1.807, 2.05) is 58.2 Å². The van der Waals surface area contributed by atoms with Gasteiger partial charge < -0.3 is 4.90 Å². The highest BCUT2D eigenvalue weighted by molar-refractivity contribution is 6.17. The van der Waals surface area contributed by atoms with E-state index in [9.17, 15) is 10.1 Å². The van der Waals surface area contributed by atoms with E-state index >= 15 is 0 Å². The van der Waals surface area contributed by atoms with E-state index in [2.05, 4.69) is 13.9 Å². The summed E-state index contributed by atoms with van der Waals surface area (Å²) in [6.07, 6.45) is 7.34. The number of hydrogen-bond donors (Lipinski definition) is 0. The number of aromatic nitrogens is 2. The van der Waals surface area contributed by atoms with E-state index in [0.717, 1.165) is 41.8 Å². The van der Waals surface area contributed by atoms with Crippen molar-refractivity contribution in [2.24, 2.45) is 0 Å². The number of fused-ring (bicyclic) bond motifs is 1. The van der Waals surface area contributed by atoms with E-state index in [-0.39, 0.29) is 11.2 Å². The molecule has 5 nitrogen and oxygen atoms in total. The number of para-hydroxylation sites is 1. The van der Waals surface area contributed by atoms with Crippen LogP contribution in [0, 0.1) is 11.3 Å². The van der Waals surface area contributed by atoms with Crippen LogP contribution < -0.4 is 0 Å². The molecule has 1 amide bonds. The number of nitrogens with zero attached hydrogens (tertiary/aromatic N) is 4. The lowest BCUT2D eigenvalue weighted by Crippen LogP contribution is -2.37. The summed E-state index contributed by atoms with van der Waals surface area (Å²) in [5, 5.41) is 14.2. The lowest BCUT2D eigenvalue weighted by atomic mass is 9.61. The first-order valence-corrected chi connectivity index (χ1v) is 11.0. The summed E-state index contributed by atoms with van der Waals surface area (Å²) >= 11 is 0. The summed E-state index contributed by atoms with van der Waals surface area (Å²) in [7, 11) is 2.26. The van der Waals surface area contributed by atoms with Crippen molar-refractivity contribution in [3.05, 3.63) is 82.7 Å². The summed E-state index contributed by atoms with van der Waals surface area (Å²) in [5.41, 5.74) is 5.51. The van der Waals surface area contributed by atoms with Crippen LogP contribution in [0.15, 0.2) is 54.7 Å². The Kier molecular flexibility index (Phi) is 4.90. The van der Waals surface area contributed by atoms with Crippen LogP contribution in [0.25, 0.3) is 5.69 Å². The molecule has 1 fully saturated rings. The van der Waals surface area contributed by atoms with E-state index in [1.165, 1.54) is 12.8 Å². The van der Waals surface area contributed by atoms with E-state index in [0.29, 0.717) is 24.2 Å². The molecule has 1 aromatic heterocycles. The molecule has 154 valence electrons. The maximum absolute atomic E-state index is 13.7. The Morgan fingerprint density at radius 1 is 1.13 bits per heavy atom. The second-order valence-corrected chi connectivity index (χ2v) is 9.00. The Morgan fingerprint density at radius 3 is 2.65 bits per heavy atom. The maximum Gasteiger partial charge on any atom is 0.254 e. The van der Waals surface area contributed by atoms with Gasteiger partial charge in [0.15, 0.2) is 0 Å². The molecule has 0 N–H and O–H groups in total. The molecule has 0 atom stereocenters. The molecular weight excluding hydrogens is 383 g/mol. The van der Waals surface area contributed by atoms with Gasteiger partial charge in [0.1, 0.15) is 7.85 Å². The SMILES string of the molecule is BC1(c2ccc(C#N)cc2C(=O)N2CCc3nn(-c4ccccc4)cc3C2)CCCC1. The van der Waals surface area contributed by atoms with E-state index < -0.39 is 0 Å². The van der Waals surface area contributed by atoms with Gasteiger partial charge in [-0.15, -0.1) is 0 Å². The molecule has 2 aliphatic rings. The Balaban J connectivity index is 1.46. The summed E-state index contributed by atoms with van der Waals surface area (Å²) in [4.78, 5) is 15.6. The van der Waals surface area contributed by atoms with Crippen LogP contribution in [0.2, 0.25) is 0 Å². The van der Waals surface area contributed by atoms with Crippen molar-refractivity contribution in [1.29, 1.82) is 5.26 Å².